The Morgan fingerprint density at radius 2 is 1.82 bits per heavy atom. The minimum absolute atomic E-state index is 0.103. The van der Waals surface area contributed by atoms with Crippen LogP contribution in [0.3, 0.4) is 0 Å². The molecule has 0 saturated carbocycles. The minimum Gasteiger partial charge on any atom is -0.322 e. The minimum atomic E-state index is -0.103. The van der Waals surface area contributed by atoms with E-state index >= 15 is 0 Å². The van der Waals surface area contributed by atoms with Gasteiger partial charge in [0.25, 0.3) is 5.91 Å². The van der Waals surface area contributed by atoms with Crippen molar-refractivity contribution in [2.24, 2.45) is 0 Å². The van der Waals surface area contributed by atoms with E-state index in [0.717, 1.165) is 34.6 Å². The monoisotopic (exact) mass is 369 g/mol. The van der Waals surface area contributed by atoms with Crippen molar-refractivity contribution < 1.29 is 4.79 Å². The summed E-state index contributed by atoms with van der Waals surface area (Å²) in [5.74, 6) is -0.103. The lowest BCUT2D eigenvalue weighted by Gasteiger charge is -2.10. The number of carbonyl (C=O) groups excluding carboxylic acids is 1. The number of anilines is 1. The molecule has 0 atom stereocenters. The molecule has 0 aliphatic heterocycles. The first-order chi connectivity index (χ1) is 13.5. The van der Waals surface area contributed by atoms with E-state index in [9.17, 15) is 4.79 Å². The molecule has 1 N–H and O–H groups in total. The summed E-state index contributed by atoms with van der Waals surface area (Å²) >= 11 is 0. The van der Waals surface area contributed by atoms with Crippen molar-refractivity contribution in [2.45, 2.75) is 27.2 Å². The molecule has 140 valence electrons. The van der Waals surface area contributed by atoms with Crippen LogP contribution in [0.15, 0.2) is 67.0 Å². The molecule has 4 rings (SSSR count). The first kappa shape index (κ1) is 18.0. The maximum atomic E-state index is 12.7. The molecule has 0 aliphatic carbocycles. The molecule has 0 saturated heterocycles. The van der Waals surface area contributed by atoms with E-state index in [0.29, 0.717) is 5.56 Å². The van der Waals surface area contributed by atoms with Crippen LogP contribution in [0.2, 0.25) is 0 Å². The summed E-state index contributed by atoms with van der Waals surface area (Å²) in [5.41, 5.74) is 7.64. The molecule has 0 spiro atoms. The Morgan fingerprint density at radius 3 is 2.57 bits per heavy atom. The van der Waals surface area contributed by atoms with Crippen LogP contribution in [-0.4, -0.2) is 15.3 Å². The molecule has 0 unspecified atom stereocenters. The Morgan fingerprint density at radius 1 is 1.04 bits per heavy atom. The fourth-order valence-electron chi connectivity index (χ4n) is 3.23. The van der Waals surface area contributed by atoms with E-state index in [4.69, 9.17) is 4.98 Å². The van der Waals surface area contributed by atoms with E-state index < -0.39 is 0 Å². The van der Waals surface area contributed by atoms with E-state index in [1.807, 2.05) is 66.2 Å². The number of nitrogens with one attached hydrogen (secondary N) is 1. The van der Waals surface area contributed by atoms with Gasteiger partial charge in [-0.05, 0) is 67.3 Å². The van der Waals surface area contributed by atoms with Crippen LogP contribution in [0.5, 0.6) is 0 Å². The predicted molar refractivity (Wildman–Crippen MR) is 114 cm³/mol. The number of aryl methyl sites for hydroxylation is 3. The zero-order chi connectivity index (χ0) is 19.7. The number of imidazole rings is 1. The molecule has 1 amide bonds. The number of aromatic nitrogens is 2. The number of hydrogen-bond acceptors (Lipinski definition) is 2. The van der Waals surface area contributed by atoms with Crippen LogP contribution in [-0.2, 0) is 6.42 Å². The molecule has 4 nitrogen and oxygen atoms in total. The lowest BCUT2D eigenvalue weighted by Crippen LogP contribution is -2.12. The maximum absolute atomic E-state index is 12.7. The molecular weight excluding hydrogens is 346 g/mol. The number of hydrogen-bond donors (Lipinski definition) is 1. The normalized spacial score (nSPS) is 11.0. The first-order valence-electron chi connectivity index (χ1n) is 9.50. The van der Waals surface area contributed by atoms with Crippen molar-refractivity contribution in [1.29, 1.82) is 0 Å². The van der Waals surface area contributed by atoms with Crippen LogP contribution < -0.4 is 5.32 Å². The summed E-state index contributed by atoms with van der Waals surface area (Å²) in [7, 11) is 0. The molecule has 0 bridgehead atoms. The molecule has 0 fully saturated rings. The second kappa shape index (κ2) is 7.31. The topological polar surface area (TPSA) is 46.4 Å². The van der Waals surface area contributed by atoms with Crippen LogP contribution in [0.1, 0.15) is 34.0 Å². The fourth-order valence-corrected chi connectivity index (χ4v) is 3.23. The maximum Gasteiger partial charge on any atom is 0.255 e. The van der Waals surface area contributed by atoms with Gasteiger partial charge >= 0.3 is 0 Å². The Hall–Kier alpha value is -3.40. The molecule has 28 heavy (non-hydrogen) atoms. The van der Waals surface area contributed by atoms with Gasteiger partial charge in [0.2, 0.25) is 0 Å². The van der Waals surface area contributed by atoms with Gasteiger partial charge in [0.15, 0.2) is 0 Å². The Bertz CT molecular complexity index is 1160. The Labute approximate surface area is 164 Å². The summed E-state index contributed by atoms with van der Waals surface area (Å²) in [5, 5.41) is 3.04. The number of fused-ring (bicyclic) bond motifs is 1. The molecule has 4 aromatic rings. The fraction of sp³-hybridized carbons (Fsp3) is 0.167. The first-order valence-corrected chi connectivity index (χ1v) is 9.50. The van der Waals surface area contributed by atoms with Crippen molar-refractivity contribution in [3.8, 4) is 11.3 Å². The van der Waals surface area contributed by atoms with E-state index in [1.165, 1.54) is 11.1 Å². The molecule has 2 aromatic carbocycles. The third-order valence-corrected chi connectivity index (χ3v) is 5.02. The lowest BCUT2D eigenvalue weighted by molar-refractivity contribution is 0.102. The number of carbonyl (C=O) groups is 1. The van der Waals surface area contributed by atoms with E-state index in [1.54, 1.807) is 0 Å². The lowest BCUT2D eigenvalue weighted by atomic mass is 10.1. The van der Waals surface area contributed by atoms with Gasteiger partial charge in [-0.15, -0.1) is 0 Å². The third kappa shape index (κ3) is 3.54. The second-order valence-corrected chi connectivity index (χ2v) is 7.13. The number of nitrogens with zero attached hydrogens (tertiary/aromatic N) is 2. The SMILES string of the molecule is CCc1ccc(C(=O)Nc2cc(-c3cn4ccc(C)cc4n3)ccc2C)cc1. The highest BCUT2D eigenvalue weighted by molar-refractivity contribution is 6.05. The van der Waals surface area contributed by atoms with Gasteiger partial charge in [0, 0.05) is 29.2 Å². The highest BCUT2D eigenvalue weighted by atomic mass is 16.1. The summed E-state index contributed by atoms with van der Waals surface area (Å²) in [6.45, 7) is 6.15. The van der Waals surface area contributed by atoms with Crippen LogP contribution >= 0.6 is 0 Å². The summed E-state index contributed by atoms with van der Waals surface area (Å²) < 4.78 is 2.01. The van der Waals surface area contributed by atoms with Gasteiger partial charge < -0.3 is 9.72 Å². The number of pyridine rings is 1. The molecule has 0 aliphatic rings. The van der Waals surface area contributed by atoms with Crippen LogP contribution in [0.25, 0.3) is 16.9 Å². The average Bonchev–Trinajstić information content (AvgIpc) is 3.12. The van der Waals surface area contributed by atoms with Crippen molar-refractivity contribution in [2.75, 3.05) is 5.32 Å². The molecule has 2 aromatic heterocycles. The van der Waals surface area contributed by atoms with Gasteiger partial charge in [0.1, 0.15) is 5.65 Å². The number of amides is 1. The summed E-state index contributed by atoms with van der Waals surface area (Å²) in [6, 6.07) is 17.9. The Balaban J connectivity index is 1.63. The zero-order valence-corrected chi connectivity index (χ0v) is 16.4. The highest BCUT2D eigenvalue weighted by Crippen LogP contribution is 2.26. The smallest absolute Gasteiger partial charge is 0.255 e. The largest absolute Gasteiger partial charge is 0.322 e. The average molecular weight is 369 g/mol. The van der Waals surface area contributed by atoms with Crippen molar-refractivity contribution in [1.82, 2.24) is 9.38 Å². The van der Waals surface area contributed by atoms with Gasteiger partial charge in [-0.1, -0.05) is 31.2 Å². The number of benzene rings is 2. The van der Waals surface area contributed by atoms with Crippen molar-refractivity contribution in [3.05, 3.63) is 89.2 Å². The molecule has 0 radical (unpaired) electrons. The van der Waals surface area contributed by atoms with Gasteiger partial charge in [-0.3, -0.25) is 4.79 Å². The van der Waals surface area contributed by atoms with E-state index in [-0.39, 0.29) is 5.91 Å². The van der Waals surface area contributed by atoms with Crippen molar-refractivity contribution in [3.63, 3.8) is 0 Å². The summed E-state index contributed by atoms with van der Waals surface area (Å²) in [4.78, 5) is 17.4. The zero-order valence-electron chi connectivity index (χ0n) is 16.4. The quantitative estimate of drug-likeness (QED) is 0.521. The Kier molecular flexibility index (Phi) is 4.70. The second-order valence-electron chi connectivity index (χ2n) is 7.13. The van der Waals surface area contributed by atoms with Gasteiger partial charge in [-0.2, -0.15) is 0 Å². The van der Waals surface area contributed by atoms with Crippen molar-refractivity contribution >= 4 is 17.2 Å². The van der Waals surface area contributed by atoms with Gasteiger partial charge in [0.05, 0.1) is 5.69 Å². The van der Waals surface area contributed by atoms with E-state index in [2.05, 4.69) is 31.3 Å². The van der Waals surface area contributed by atoms with Crippen LogP contribution in [0, 0.1) is 13.8 Å². The van der Waals surface area contributed by atoms with Gasteiger partial charge in [-0.25, -0.2) is 4.98 Å². The number of rotatable bonds is 4. The molecule has 4 heteroatoms. The molecular formula is C24H23N3O. The standard InChI is InChI=1S/C24H23N3O/c1-4-18-6-9-19(10-7-18)24(28)26-21-14-20(8-5-17(21)3)22-15-27-12-11-16(2)13-23(27)25-22/h5-15H,4H2,1-3H3,(H,26,28). The summed E-state index contributed by atoms with van der Waals surface area (Å²) in [6.07, 6.45) is 4.98. The molecule has 2 heterocycles. The predicted octanol–water partition coefficient (Wildman–Crippen LogP) is 5.43. The third-order valence-electron chi connectivity index (χ3n) is 5.02. The van der Waals surface area contributed by atoms with Crippen LogP contribution in [0.4, 0.5) is 5.69 Å². The highest BCUT2D eigenvalue weighted by Gasteiger charge is 2.11.